The first-order chi connectivity index (χ1) is 6.59. The van der Waals surface area contributed by atoms with Gasteiger partial charge in [-0.15, -0.1) is 0 Å². The number of aryl methyl sites for hydroxylation is 1. The van der Waals surface area contributed by atoms with Crippen LogP contribution in [0.5, 0.6) is 0 Å². The summed E-state index contributed by atoms with van der Waals surface area (Å²) in [4.78, 5) is 14.7. The predicted octanol–water partition coefficient (Wildman–Crippen LogP) is 2.36. The summed E-state index contributed by atoms with van der Waals surface area (Å²) in [7, 11) is 0. The molecule has 0 saturated heterocycles. The fourth-order valence-electron chi connectivity index (χ4n) is 1.33. The Hall–Kier alpha value is -1.38. The molecule has 0 spiro atoms. The van der Waals surface area contributed by atoms with Crippen LogP contribution >= 0.6 is 0 Å². The van der Waals surface area contributed by atoms with Gasteiger partial charge in [0.05, 0.1) is 0 Å². The van der Waals surface area contributed by atoms with Crippen LogP contribution in [0.25, 0.3) is 0 Å². The fraction of sp³-hybridized carbons (Fsp3) is 0.455. The van der Waals surface area contributed by atoms with Crippen LogP contribution in [0.1, 0.15) is 37.1 Å². The molecule has 0 aliphatic rings. The molecule has 0 bridgehead atoms. The highest BCUT2D eigenvalue weighted by Gasteiger charge is 2.08. The van der Waals surface area contributed by atoms with Crippen molar-refractivity contribution in [1.29, 1.82) is 0 Å². The van der Waals surface area contributed by atoms with Gasteiger partial charge in [-0.2, -0.15) is 0 Å². The van der Waals surface area contributed by atoms with Crippen molar-refractivity contribution in [2.24, 2.45) is 0 Å². The summed E-state index contributed by atoms with van der Waals surface area (Å²) in [5.74, 6) is -0.532. The van der Waals surface area contributed by atoms with Gasteiger partial charge in [-0.1, -0.05) is 13.0 Å². The Bertz CT molecular complexity index is 323. The molecule has 1 rings (SSSR count). The number of hydrogen-bond donors (Lipinski definition) is 1. The number of hydrogen-bond acceptors (Lipinski definition) is 2. The van der Waals surface area contributed by atoms with Gasteiger partial charge in [-0.05, 0) is 31.4 Å². The topological polar surface area (TPSA) is 50.2 Å². The van der Waals surface area contributed by atoms with Gasteiger partial charge >= 0.3 is 5.97 Å². The molecule has 3 heteroatoms. The van der Waals surface area contributed by atoms with Crippen molar-refractivity contribution in [2.45, 2.75) is 32.6 Å². The molecule has 0 aliphatic heterocycles. The van der Waals surface area contributed by atoms with Gasteiger partial charge in [0.2, 0.25) is 0 Å². The van der Waals surface area contributed by atoms with Gasteiger partial charge in [0.15, 0.2) is 0 Å². The second kappa shape index (κ2) is 4.74. The van der Waals surface area contributed by atoms with Gasteiger partial charge in [-0.25, -0.2) is 0 Å². The van der Waals surface area contributed by atoms with Crippen molar-refractivity contribution in [1.82, 2.24) is 4.98 Å². The number of aliphatic carboxylic acids is 1. The van der Waals surface area contributed by atoms with Crippen molar-refractivity contribution < 1.29 is 9.90 Å². The van der Waals surface area contributed by atoms with Crippen molar-refractivity contribution in [3.05, 3.63) is 29.6 Å². The number of aromatic nitrogens is 1. The van der Waals surface area contributed by atoms with Crippen LogP contribution in [0.4, 0.5) is 0 Å². The minimum absolute atomic E-state index is 0.205. The van der Waals surface area contributed by atoms with E-state index in [4.69, 9.17) is 5.11 Å². The Morgan fingerprint density at radius 3 is 2.86 bits per heavy atom. The second-order valence-electron chi connectivity index (χ2n) is 3.54. The lowest BCUT2D eigenvalue weighted by molar-refractivity contribution is -0.137. The molecule has 1 atom stereocenters. The lowest BCUT2D eigenvalue weighted by Crippen LogP contribution is -2.02. The largest absolute Gasteiger partial charge is 0.481 e. The SMILES string of the molecule is Cc1cccc(C(C)CCC(=O)O)n1. The van der Waals surface area contributed by atoms with Gasteiger partial charge in [0.1, 0.15) is 0 Å². The summed E-state index contributed by atoms with van der Waals surface area (Å²) in [5, 5.41) is 8.54. The van der Waals surface area contributed by atoms with Gasteiger partial charge in [-0.3, -0.25) is 9.78 Å². The number of carboxylic acid groups (broad SMARTS) is 1. The number of carboxylic acids is 1. The monoisotopic (exact) mass is 193 g/mol. The highest BCUT2D eigenvalue weighted by Crippen LogP contribution is 2.18. The summed E-state index contributed by atoms with van der Waals surface area (Å²) in [6, 6.07) is 5.84. The van der Waals surface area contributed by atoms with E-state index in [2.05, 4.69) is 4.98 Å². The first-order valence-electron chi connectivity index (χ1n) is 4.75. The third-order valence-corrected chi connectivity index (χ3v) is 2.21. The molecule has 0 aromatic carbocycles. The summed E-state index contributed by atoms with van der Waals surface area (Å²) in [5.41, 5.74) is 1.95. The Morgan fingerprint density at radius 2 is 2.29 bits per heavy atom. The van der Waals surface area contributed by atoms with E-state index >= 15 is 0 Å². The molecule has 1 aromatic heterocycles. The van der Waals surface area contributed by atoms with E-state index in [1.807, 2.05) is 32.0 Å². The molecular weight excluding hydrogens is 178 g/mol. The normalized spacial score (nSPS) is 12.4. The van der Waals surface area contributed by atoms with Gasteiger partial charge in [0, 0.05) is 17.8 Å². The second-order valence-corrected chi connectivity index (χ2v) is 3.54. The number of pyridine rings is 1. The highest BCUT2D eigenvalue weighted by molar-refractivity contribution is 5.66. The van der Waals surface area contributed by atoms with Crippen molar-refractivity contribution >= 4 is 5.97 Å². The molecule has 0 amide bonds. The molecule has 3 nitrogen and oxygen atoms in total. The predicted molar refractivity (Wildman–Crippen MR) is 54.3 cm³/mol. The maximum absolute atomic E-state index is 10.4. The molecule has 0 aliphatic carbocycles. The van der Waals surface area contributed by atoms with E-state index in [-0.39, 0.29) is 12.3 Å². The summed E-state index contributed by atoms with van der Waals surface area (Å²) >= 11 is 0. The zero-order valence-corrected chi connectivity index (χ0v) is 8.53. The van der Waals surface area contributed by atoms with Crippen LogP contribution in [0.2, 0.25) is 0 Å². The van der Waals surface area contributed by atoms with Crippen molar-refractivity contribution in [2.75, 3.05) is 0 Å². The average Bonchev–Trinajstić information content (AvgIpc) is 2.14. The number of nitrogens with zero attached hydrogens (tertiary/aromatic N) is 1. The fourth-order valence-corrected chi connectivity index (χ4v) is 1.33. The van der Waals surface area contributed by atoms with Crippen LogP contribution in [-0.4, -0.2) is 16.1 Å². The Labute approximate surface area is 83.8 Å². The Morgan fingerprint density at radius 1 is 1.57 bits per heavy atom. The molecule has 0 saturated carbocycles. The smallest absolute Gasteiger partial charge is 0.303 e. The third kappa shape index (κ3) is 3.17. The lowest BCUT2D eigenvalue weighted by atomic mass is 10.0. The molecule has 1 heterocycles. The molecule has 1 N–H and O–H groups in total. The van der Waals surface area contributed by atoms with Gasteiger partial charge in [0.25, 0.3) is 0 Å². The minimum atomic E-state index is -0.746. The maximum Gasteiger partial charge on any atom is 0.303 e. The Balaban J connectivity index is 2.60. The molecule has 76 valence electrons. The molecule has 0 fully saturated rings. The van der Waals surface area contributed by atoms with Crippen molar-refractivity contribution in [3.8, 4) is 0 Å². The zero-order chi connectivity index (χ0) is 10.6. The first-order valence-corrected chi connectivity index (χ1v) is 4.75. The number of rotatable bonds is 4. The lowest BCUT2D eigenvalue weighted by Gasteiger charge is -2.09. The van der Waals surface area contributed by atoms with E-state index in [9.17, 15) is 4.79 Å². The van der Waals surface area contributed by atoms with Crippen LogP contribution in [0.3, 0.4) is 0 Å². The Kier molecular flexibility index (Phi) is 3.63. The molecule has 1 aromatic rings. The maximum atomic E-state index is 10.4. The van der Waals surface area contributed by atoms with Crippen LogP contribution in [0, 0.1) is 6.92 Å². The molecule has 1 unspecified atom stereocenters. The van der Waals surface area contributed by atoms with E-state index < -0.39 is 5.97 Å². The standard InChI is InChI=1S/C11H15NO2/c1-8(6-7-11(13)14)10-5-3-4-9(2)12-10/h3-5,8H,6-7H2,1-2H3,(H,13,14). The summed E-state index contributed by atoms with van der Waals surface area (Å²) in [6.07, 6.45) is 0.850. The van der Waals surface area contributed by atoms with Crippen LogP contribution < -0.4 is 0 Å². The third-order valence-electron chi connectivity index (χ3n) is 2.21. The van der Waals surface area contributed by atoms with E-state index in [1.165, 1.54) is 0 Å². The summed E-state index contributed by atoms with van der Waals surface area (Å²) in [6.45, 7) is 3.94. The average molecular weight is 193 g/mol. The molecule has 14 heavy (non-hydrogen) atoms. The molecular formula is C11H15NO2. The first kappa shape index (κ1) is 10.7. The highest BCUT2D eigenvalue weighted by atomic mass is 16.4. The van der Waals surface area contributed by atoms with Gasteiger partial charge < -0.3 is 5.11 Å². The minimum Gasteiger partial charge on any atom is -0.481 e. The quantitative estimate of drug-likeness (QED) is 0.798. The number of carbonyl (C=O) groups is 1. The zero-order valence-electron chi connectivity index (χ0n) is 8.53. The van der Waals surface area contributed by atoms with E-state index in [0.29, 0.717) is 6.42 Å². The molecule has 0 radical (unpaired) electrons. The summed E-state index contributed by atoms with van der Waals surface area (Å²) < 4.78 is 0. The van der Waals surface area contributed by atoms with Crippen LogP contribution in [-0.2, 0) is 4.79 Å². The van der Waals surface area contributed by atoms with Crippen LogP contribution in [0.15, 0.2) is 18.2 Å². The van der Waals surface area contributed by atoms with Crippen molar-refractivity contribution in [3.63, 3.8) is 0 Å². The van der Waals surface area contributed by atoms with E-state index in [1.54, 1.807) is 0 Å². The van der Waals surface area contributed by atoms with E-state index in [0.717, 1.165) is 11.4 Å².